The van der Waals surface area contributed by atoms with E-state index in [1.807, 2.05) is 6.07 Å². The summed E-state index contributed by atoms with van der Waals surface area (Å²) in [6, 6.07) is 14.4. The topological polar surface area (TPSA) is 64.6 Å². The van der Waals surface area contributed by atoms with E-state index >= 15 is 0 Å². The predicted molar refractivity (Wildman–Crippen MR) is 90.5 cm³/mol. The van der Waals surface area contributed by atoms with Crippen LogP contribution in [-0.4, -0.2) is 25.2 Å². The number of benzene rings is 2. The predicted octanol–water partition coefficient (Wildman–Crippen LogP) is 3.64. The first kappa shape index (κ1) is 19.4. The Morgan fingerprint density at radius 3 is 2.19 bits per heavy atom. The monoisotopic (exact) mass is 363 g/mol. The van der Waals surface area contributed by atoms with Crippen LogP contribution in [0.4, 0.5) is 13.6 Å². The average Bonchev–Trinajstić information content (AvgIpc) is 2.66. The second kappa shape index (κ2) is 8.94. The molecule has 2 aromatic rings. The second-order valence-electron chi connectivity index (χ2n) is 5.56. The Morgan fingerprint density at radius 1 is 1.04 bits per heavy atom. The highest BCUT2D eigenvalue weighted by Crippen LogP contribution is 2.32. The highest BCUT2D eigenvalue weighted by atomic mass is 19.3. The van der Waals surface area contributed by atoms with Gasteiger partial charge in [-0.3, -0.25) is 0 Å². The van der Waals surface area contributed by atoms with E-state index in [0.717, 1.165) is 12.7 Å². The lowest BCUT2D eigenvalue weighted by atomic mass is 10.0. The molecule has 0 aliphatic carbocycles. The third kappa shape index (κ3) is 5.54. The Morgan fingerprint density at radius 2 is 1.62 bits per heavy atom. The Balaban J connectivity index is 2.00. The first-order valence-electron chi connectivity index (χ1n) is 7.91. The molecule has 0 fully saturated rings. The van der Waals surface area contributed by atoms with E-state index in [-0.39, 0.29) is 12.2 Å². The molecule has 1 atom stereocenters. The highest BCUT2D eigenvalue weighted by molar-refractivity contribution is 5.81. The number of carbonyl (C=O) groups excluding carboxylic acids is 2. The molecule has 26 heavy (non-hydrogen) atoms. The summed E-state index contributed by atoms with van der Waals surface area (Å²) in [6.07, 6.45) is -1.92. The minimum Gasteiger partial charge on any atom is -0.467 e. The lowest BCUT2D eigenvalue weighted by Gasteiger charge is -2.22. The quantitative estimate of drug-likeness (QED) is 0.763. The van der Waals surface area contributed by atoms with E-state index in [1.165, 1.54) is 24.3 Å². The van der Waals surface area contributed by atoms with Gasteiger partial charge in [-0.25, -0.2) is 18.4 Å². The van der Waals surface area contributed by atoms with E-state index in [1.54, 1.807) is 30.3 Å². The molecule has 7 heteroatoms. The largest absolute Gasteiger partial charge is 0.467 e. The Labute approximate surface area is 149 Å². The molecule has 0 saturated heterocycles. The summed E-state index contributed by atoms with van der Waals surface area (Å²) in [4.78, 5) is 23.7. The number of hydrogen-bond donors (Lipinski definition) is 1. The minimum absolute atomic E-state index is 0.0460. The molecule has 1 N–H and O–H groups in total. The van der Waals surface area contributed by atoms with Crippen molar-refractivity contribution in [2.45, 2.75) is 25.0 Å². The van der Waals surface area contributed by atoms with Crippen LogP contribution in [-0.2, 0) is 26.8 Å². The first-order chi connectivity index (χ1) is 12.4. The van der Waals surface area contributed by atoms with Crippen LogP contribution in [0, 0.1) is 0 Å². The number of amides is 1. The van der Waals surface area contributed by atoms with Gasteiger partial charge < -0.3 is 14.8 Å². The van der Waals surface area contributed by atoms with E-state index < -0.39 is 30.4 Å². The maximum atomic E-state index is 14.4. The van der Waals surface area contributed by atoms with Gasteiger partial charge in [0.2, 0.25) is 0 Å². The van der Waals surface area contributed by atoms with Crippen LogP contribution in [0.1, 0.15) is 17.5 Å². The van der Waals surface area contributed by atoms with Crippen LogP contribution in [0.3, 0.4) is 0 Å². The van der Waals surface area contributed by atoms with Crippen molar-refractivity contribution >= 4 is 12.1 Å². The van der Waals surface area contributed by atoms with Crippen molar-refractivity contribution in [3.05, 3.63) is 71.8 Å². The van der Waals surface area contributed by atoms with Gasteiger partial charge >= 0.3 is 12.1 Å². The molecule has 138 valence electrons. The smallest absolute Gasteiger partial charge is 0.408 e. The molecule has 0 saturated carbocycles. The molecule has 0 radical (unpaired) electrons. The molecule has 2 rings (SSSR count). The number of alkyl halides is 2. The van der Waals surface area contributed by atoms with Crippen molar-refractivity contribution in [3.8, 4) is 0 Å². The van der Waals surface area contributed by atoms with Crippen LogP contribution in [0.5, 0.6) is 0 Å². The van der Waals surface area contributed by atoms with Gasteiger partial charge in [0.15, 0.2) is 0 Å². The first-order valence-corrected chi connectivity index (χ1v) is 7.91. The molecule has 2 aromatic carbocycles. The third-order valence-electron chi connectivity index (χ3n) is 3.65. The van der Waals surface area contributed by atoms with Gasteiger partial charge in [0.1, 0.15) is 12.6 Å². The fourth-order valence-electron chi connectivity index (χ4n) is 2.30. The SMILES string of the molecule is COC(=O)[C@H](CC(F)(F)c1ccccc1)NC(=O)OCc1ccccc1. The number of hydrogen-bond acceptors (Lipinski definition) is 4. The van der Waals surface area contributed by atoms with Crippen LogP contribution in [0.2, 0.25) is 0 Å². The minimum atomic E-state index is -3.33. The molecule has 0 heterocycles. The zero-order chi connectivity index (χ0) is 19.0. The zero-order valence-corrected chi connectivity index (χ0v) is 14.2. The summed E-state index contributed by atoms with van der Waals surface area (Å²) >= 11 is 0. The summed E-state index contributed by atoms with van der Waals surface area (Å²) < 4.78 is 38.3. The molecule has 0 unspecified atom stereocenters. The number of esters is 1. The number of halogens is 2. The fraction of sp³-hybridized carbons (Fsp3) is 0.263. The highest BCUT2D eigenvalue weighted by Gasteiger charge is 2.38. The summed E-state index contributed by atoms with van der Waals surface area (Å²) in [5, 5.41) is 2.15. The summed E-state index contributed by atoms with van der Waals surface area (Å²) in [6.45, 7) is -0.0460. The summed E-state index contributed by atoms with van der Waals surface area (Å²) in [5.41, 5.74) is 0.472. The molecule has 0 aromatic heterocycles. The van der Waals surface area contributed by atoms with Gasteiger partial charge in [0.25, 0.3) is 5.92 Å². The number of alkyl carbamates (subject to hydrolysis) is 1. The molecule has 0 spiro atoms. The van der Waals surface area contributed by atoms with Gasteiger partial charge in [0, 0.05) is 12.0 Å². The molecule has 0 aliphatic heterocycles. The van der Waals surface area contributed by atoms with Crippen LogP contribution >= 0.6 is 0 Å². The molecular weight excluding hydrogens is 344 g/mol. The van der Waals surface area contributed by atoms with Crippen LogP contribution in [0.15, 0.2) is 60.7 Å². The van der Waals surface area contributed by atoms with E-state index in [0.29, 0.717) is 0 Å². The normalized spacial score (nSPS) is 12.1. The van der Waals surface area contributed by atoms with Crippen molar-refractivity contribution in [2.24, 2.45) is 0 Å². The average molecular weight is 363 g/mol. The van der Waals surface area contributed by atoms with Gasteiger partial charge in [-0.15, -0.1) is 0 Å². The fourth-order valence-corrected chi connectivity index (χ4v) is 2.30. The van der Waals surface area contributed by atoms with E-state index in [9.17, 15) is 18.4 Å². The van der Waals surface area contributed by atoms with Crippen molar-refractivity contribution in [3.63, 3.8) is 0 Å². The van der Waals surface area contributed by atoms with Gasteiger partial charge in [0.05, 0.1) is 7.11 Å². The second-order valence-corrected chi connectivity index (χ2v) is 5.56. The number of ether oxygens (including phenoxy) is 2. The number of methoxy groups -OCH3 is 1. The number of nitrogens with one attached hydrogen (secondary N) is 1. The lowest BCUT2D eigenvalue weighted by Crippen LogP contribution is -2.44. The Hall–Kier alpha value is -2.96. The molecule has 0 aliphatic rings. The molecule has 5 nitrogen and oxygen atoms in total. The van der Waals surface area contributed by atoms with E-state index in [4.69, 9.17) is 4.74 Å². The Bertz CT molecular complexity index is 723. The van der Waals surface area contributed by atoms with Crippen molar-refractivity contribution in [1.29, 1.82) is 0 Å². The molecule has 0 bridgehead atoms. The Kier molecular flexibility index (Phi) is 6.66. The number of carbonyl (C=O) groups is 2. The summed E-state index contributed by atoms with van der Waals surface area (Å²) in [7, 11) is 1.06. The summed E-state index contributed by atoms with van der Waals surface area (Å²) in [5.74, 6) is -4.30. The number of rotatable bonds is 7. The van der Waals surface area contributed by atoms with Crippen molar-refractivity contribution in [2.75, 3.05) is 7.11 Å². The van der Waals surface area contributed by atoms with Crippen LogP contribution < -0.4 is 5.32 Å². The standard InChI is InChI=1S/C19H19F2NO4/c1-25-17(23)16(12-19(20,21)15-10-6-3-7-11-15)22-18(24)26-13-14-8-4-2-5-9-14/h2-11,16H,12-13H2,1H3,(H,22,24)/t16-/m0/s1. The third-order valence-corrected chi connectivity index (χ3v) is 3.65. The van der Waals surface area contributed by atoms with Crippen LogP contribution in [0.25, 0.3) is 0 Å². The lowest BCUT2D eigenvalue weighted by molar-refractivity contribution is -0.146. The zero-order valence-electron chi connectivity index (χ0n) is 14.2. The van der Waals surface area contributed by atoms with Crippen molar-refractivity contribution < 1.29 is 27.8 Å². The van der Waals surface area contributed by atoms with Gasteiger partial charge in [-0.2, -0.15) is 0 Å². The van der Waals surface area contributed by atoms with Gasteiger partial charge in [-0.05, 0) is 5.56 Å². The van der Waals surface area contributed by atoms with Crippen molar-refractivity contribution in [1.82, 2.24) is 5.32 Å². The maximum absolute atomic E-state index is 14.4. The molecular formula is C19H19F2NO4. The van der Waals surface area contributed by atoms with E-state index in [2.05, 4.69) is 10.1 Å². The molecule has 1 amide bonds. The maximum Gasteiger partial charge on any atom is 0.408 e. The van der Waals surface area contributed by atoms with Gasteiger partial charge in [-0.1, -0.05) is 60.7 Å².